The maximum atomic E-state index is 12.4. The first-order chi connectivity index (χ1) is 15.8. The molecule has 2 heterocycles. The fourth-order valence-electron chi connectivity index (χ4n) is 4.90. The number of hydrogen-bond donors (Lipinski definition) is 3. The summed E-state index contributed by atoms with van der Waals surface area (Å²) in [4.78, 5) is 14.0. The third-order valence-electron chi connectivity index (χ3n) is 7.03. The van der Waals surface area contributed by atoms with Crippen molar-refractivity contribution >= 4 is 24.3 Å². The minimum absolute atomic E-state index is 0.240. The van der Waals surface area contributed by atoms with E-state index in [0.717, 1.165) is 55.3 Å². The molecule has 3 rings (SSSR count). The van der Waals surface area contributed by atoms with Gasteiger partial charge in [-0.25, -0.2) is 9.10 Å². The number of piperidine rings is 1. The quantitative estimate of drug-likeness (QED) is 0.383. The van der Waals surface area contributed by atoms with E-state index in [1.807, 2.05) is 43.3 Å². The first kappa shape index (κ1) is 27.5. The fraction of sp³-hybridized carbons (Fsp3) is 0.720. The Kier molecular flexibility index (Phi) is 8.84. The van der Waals surface area contributed by atoms with Crippen LogP contribution in [0.5, 0.6) is 0 Å². The first-order valence-corrected chi connectivity index (χ1v) is 16.1. The first-order valence-electron chi connectivity index (χ1n) is 12.4. The van der Waals surface area contributed by atoms with Gasteiger partial charge in [0.1, 0.15) is 11.2 Å². The van der Waals surface area contributed by atoms with Crippen LogP contribution in [-0.2, 0) is 33.0 Å². The number of benzene rings is 1. The maximum Gasteiger partial charge on any atom is 0.410 e. The van der Waals surface area contributed by atoms with E-state index in [-0.39, 0.29) is 12.7 Å². The van der Waals surface area contributed by atoms with Crippen LogP contribution in [0.3, 0.4) is 0 Å². The number of fused-ring (bicyclic) bond motifs is 1. The molecular weight excluding hydrogens is 471 g/mol. The van der Waals surface area contributed by atoms with Crippen molar-refractivity contribution in [2.45, 2.75) is 77.0 Å². The second kappa shape index (κ2) is 10.9. The van der Waals surface area contributed by atoms with E-state index in [0.29, 0.717) is 32.0 Å². The molecule has 2 aliphatic heterocycles. The molecule has 194 valence electrons. The van der Waals surface area contributed by atoms with Crippen LogP contribution in [0.1, 0.15) is 69.6 Å². The number of rotatable bonds is 7. The number of amides is 1. The molecule has 0 aromatic heterocycles. The summed E-state index contributed by atoms with van der Waals surface area (Å²) in [5.74, 6) is 0.507. The summed E-state index contributed by atoms with van der Waals surface area (Å²) in [7, 11) is 0.113. The summed E-state index contributed by atoms with van der Waals surface area (Å²) in [6.45, 7) is 8.10. The normalized spacial score (nSPS) is 20.5. The number of thiol groups is 1. The van der Waals surface area contributed by atoms with Gasteiger partial charge in [0.15, 0.2) is 0 Å². The Morgan fingerprint density at radius 2 is 1.88 bits per heavy atom. The van der Waals surface area contributed by atoms with Crippen molar-refractivity contribution in [3.8, 4) is 0 Å². The van der Waals surface area contributed by atoms with E-state index in [4.69, 9.17) is 4.74 Å². The van der Waals surface area contributed by atoms with E-state index in [1.54, 1.807) is 11.2 Å². The lowest BCUT2D eigenvalue weighted by Crippen LogP contribution is -2.41. The van der Waals surface area contributed by atoms with Crippen LogP contribution in [0.4, 0.5) is 4.79 Å². The maximum absolute atomic E-state index is 12.4. The van der Waals surface area contributed by atoms with Crippen LogP contribution in [0, 0.1) is 5.92 Å². The summed E-state index contributed by atoms with van der Waals surface area (Å²) in [5.41, 5.74) is 1.31. The predicted molar refractivity (Wildman–Crippen MR) is 141 cm³/mol. The van der Waals surface area contributed by atoms with Gasteiger partial charge in [-0.3, -0.25) is 4.21 Å². The number of likely N-dealkylation sites (tertiary alicyclic amines) is 1. The predicted octanol–water partition coefficient (Wildman–Crippen LogP) is 3.39. The zero-order chi connectivity index (χ0) is 25.1. The Morgan fingerprint density at radius 1 is 1.21 bits per heavy atom. The molecule has 0 aliphatic carbocycles. The molecule has 2 unspecified atom stereocenters. The van der Waals surface area contributed by atoms with Crippen molar-refractivity contribution in [3.05, 3.63) is 34.9 Å². The Morgan fingerprint density at radius 3 is 2.47 bits per heavy atom. The number of carbonyl (C=O) groups excluding carboxylic acids is 1. The van der Waals surface area contributed by atoms with E-state index in [2.05, 4.69) is 8.44 Å². The lowest BCUT2D eigenvalue weighted by molar-refractivity contribution is -0.0293. The number of aliphatic hydroxyl groups is 2. The van der Waals surface area contributed by atoms with Crippen molar-refractivity contribution < 1.29 is 24.0 Å². The van der Waals surface area contributed by atoms with Gasteiger partial charge in [0, 0.05) is 32.4 Å². The summed E-state index contributed by atoms with van der Waals surface area (Å²) >= 11 is 0. The fourth-order valence-corrected chi connectivity index (χ4v) is 6.42. The monoisotopic (exact) mass is 514 g/mol. The molecule has 2 atom stereocenters. The number of ether oxygens (including phenoxy) is 1. The van der Waals surface area contributed by atoms with E-state index < -0.39 is 20.9 Å². The molecular formula is C25H43N2O5PS. The van der Waals surface area contributed by atoms with Gasteiger partial charge in [-0.05, 0) is 85.2 Å². The van der Waals surface area contributed by atoms with Crippen LogP contribution in [0.25, 0.3) is 0 Å². The summed E-state index contributed by atoms with van der Waals surface area (Å²) in [6.07, 6.45) is 6.45. The molecule has 34 heavy (non-hydrogen) atoms. The van der Waals surface area contributed by atoms with Crippen LogP contribution in [0.15, 0.2) is 18.2 Å². The molecule has 7 nitrogen and oxygen atoms in total. The smallest absolute Gasteiger partial charge is 0.410 e. The van der Waals surface area contributed by atoms with Crippen molar-refractivity contribution in [2.24, 2.45) is 5.92 Å². The minimum atomic E-state index is -2.36. The third-order valence-corrected chi connectivity index (χ3v) is 9.47. The Bertz CT molecular complexity index is 907. The third kappa shape index (κ3) is 7.23. The highest BCUT2D eigenvalue weighted by atomic mass is 32.8. The van der Waals surface area contributed by atoms with E-state index in [9.17, 15) is 19.2 Å². The SMILES string of the molecule is CC(C)(C)OC(=O)N1CCC(CCCC(O)(CO)c2ccc3c(c2)CCN([SH](C)(=O)P)C3)CC1. The van der Waals surface area contributed by atoms with Gasteiger partial charge < -0.3 is 19.8 Å². The van der Waals surface area contributed by atoms with Crippen molar-refractivity contribution in [3.63, 3.8) is 0 Å². The lowest BCUT2D eigenvalue weighted by atomic mass is 9.84. The summed E-state index contributed by atoms with van der Waals surface area (Å²) < 4.78 is 19.9. The van der Waals surface area contributed by atoms with Crippen LogP contribution in [0.2, 0.25) is 0 Å². The Balaban J connectivity index is 1.52. The average molecular weight is 515 g/mol. The molecule has 2 N–H and O–H groups in total. The van der Waals surface area contributed by atoms with Crippen molar-refractivity contribution in [2.75, 3.05) is 32.5 Å². The van der Waals surface area contributed by atoms with Gasteiger partial charge in [-0.2, -0.15) is 0 Å². The molecule has 0 spiro atoms. The zero-order valence-electron chi connectivity index (χ0n) is 21.1. The molecule has 1 saturated heterocycles. The van der Waals surface area contributed by atoms with Gasteiger partial charge in [0.25, 0.3) is 0 Å². The second-order valence-electron chi connectivity index (χ2n) is 11.1. The molecule has 1 aromatic carbocycles. The molecule has 0 saturated carbocycles. The van der Waals surface area contributed by atoms with Gasteiger partial charge >= 0.3 is 6.09 Å². The molecule has 1 fully saturated rings. The van der Waals surface area contributed by atoms with Crippen LogP contribution >= 0.6 is 8.44 Å². The van der Waals surface area contributed by atoms with Crippen LogP contribution < -0.4 is 0 Å². The molecule has 0 bridgehead atoms. The Hall–Kier alpha value is -1.05. The highest BCUT2D eigenvalue weighted by molar-refractivity contribution is 8.43. The number of carbonyl (C=O) groups is 1. The molecule has 1 amide bonds. The highest BCUT2D eigenvalue weighted by Gasteiger charge is 2.32. The van der Waals surface area contributed by atoms with Gasteiger partial charge in [-0.15, -0.1) is 0 Å². The van der Waals surface area contributed by atoms with Gasteiger partial charge in [-0.1, -0.05) is 33.1 Å². The number of nitrogens with zero attached hydrogens (tertiary/aromatic N) is 2. The van der Waals surface area contributed by atoms with Crippen molar-refractivity contribution in [1.29, 1.82) is 0 Å². The van der Waals surface area contributed by atoms with Gasteiger partial charge in [0.2, 0.25) is 0 Å². The standard InChI is InChI=1S/C25H43N2O5PS/c1-24(2,3)32-23(29)26-13-9-19(10-14-26)6-5-12-25(30,18-28)22-8-7-21-17-27(34(4,31)33)15-11-20(21)16-22/h7-8,16,19,28,30,34H,5-6,9-15,17-18,33H2,1-4H3. The molecule has 0 radical (unpaired) electrons. The Labute approximate surface area is 207 Å². The summed E-state index contributed by atoms with van der Waals surface area (Å²) in [5, 5.41) is 21.3. The highest BCUT2D eigenvalue weighted by Crippen LogP contribution is 2.33. The molecule has 2 aliphatic rings. The zero-order valence-corrected chi connectivity index (χ0v) is 23.2. The second-order valence-corrected chi connectivity index (χ2v) is 16.4. The molecule has 9 heteroatoms. The average Bonchev–Trinajstić information content (AvgIpc) is 2.77. The van der Waals surface area contributed by atoms with Gasteiger partial charge in [0.05, 0.1) is 6.61 Å². The van der Waals surface area contributed by atoms with E-state index in [1.165, 1.54) is 0 Å². The lowest BCUT2D eigenvalue weighted by Gasteiger charge is -2.36. The minimum Gasteiger partial charge on any atom is -0.444 e. The molecule has 1 aromatic rings. The van der Waals surface area contributed by atoms with Crippen molar-refractivity contribution in [1.82, 2.24) is 9.21 Å². The number of hydrogen-bond acceptors (Lipinski definition) is 5. The number of aliphatic hydroxyl groups excluding tert-OH is 1. The largest absolute Gasteiger partial charge is 0.444 e. The summed E-state index contributed by atoms with van der Waals surface area (Å²) in [6, 6.07) is 5.93. The van der Waals surface area contributed by atoms with Crippen LogP contribution in [-0.4, -0.2) is 67.8 Å². The topological polar surface area (TPSA) is 90.3 Å². The van der Waals surface area contributed by atoms with E-state index >= 15 is 0 Å².